The van der Waals surface area contributed by atoms with Gasteiger partial charge in [-0.1, -0.05) is 37.3 Å². The Labute approximate surface area is 205 Å². The van der Waals surface area contributed by atoms with Crippen molar-refractivity contribution in [3.63, 3.8) is 0 Å². The third-order valence-corrected chi connectivity index (χ3v) is 6.43. The minimum Gasteiger partial charge on any atom is -0.354 e. The SMILES string of the molecule is CCCN1CCC(NC(=NC)NCC(=O)N2CCC(Cc3ccccc3)CC2)CC1.I. The number of nitrogens with zero attached hydrogens (tertiary/aromatic N) is 3. The lowest BCUT2D eigenvalue weighted by Gasteiger charge is -2.33. The van der Waals surface area contributed by atoms with Crippen molar-refractivity contribution in [2.24, 2.45) is 10.9 Å². The molecule has 0 bridgehead atoms. The molecule has 0 saturated carbocycles. The van der Waals surface area contributed by atoms with Crippen molar-refractivity contribution in [2.45, 2.75) is 51.5 Å². The molecule has 6 nitrogen and oxygen atoms in total. The van der Waals surface area contributed by atoms with E-state index in [1.807, 2.05) is 4.90 Å². The topological polar surface area (TPSA) is 60.0 Å². The summed E-state index contributed by atoms with van der Waals surface area (Å²) in [6.07, 6.45) is 6.77. The molecule has 0 unspecified atom stereocenters. The second kappa shape index (κ2) is 13.9. The Balaban J connectivity index is 0.00000341. The molecule has 2 N–H and O–H groups in total. The average molecular weight is 542 g/mol. The van der Waals surface area contributed by atoms with Crippen molar-refractivity contribution in [3.05, 3.63) is 35.9 Å². The zero-order chi connectivity index (χ0) is 21.2. The molecule has 0 aliphatic carbocycles. The Morgan fingerprint density at radius 3 is 2.35 bits per heavy atom. The molecule has 0 aromatic heterocycles. The van der Waals surface area contributed by atoms with E-state index in [4.69, 9.17) is 0 Å². The van der Waals surface area contributed by atoms with E-state index in [1.54, 1.807) is 7.05 Å². The molecule has 31 heavy (non-hydrogen) atoms. The fourth-order valence-electron chi connectivity index (χ4n) is 4.61. The quantitative estimate of drug-likeness (QED) is 0.317. The van der Waals surface area contributed by atoms with Gasteiger partial charge in [0.25, 0.3) is 0 Å². The first-order chi connectivity index (χ1) is 14.7. The lowest BCUT2D eigenvalue weighted by molar-refractivity contribution is -0.131. The summed E-state index contributed by atoms with van der Waals surface area (Å²) in [5.74, 6) is 1.60. The van der Waals surface area contributed by atoms with Crippen LogP contribution in [0, 0.1) is 5.92 Å². The normalized spacial score (nSPS) is 19.0. The van der Waals surface area contributed by atoms with E-state index in [-0.39, 0.29) is 29.9 Å². The molecule has 174 valence electrons. The number of hydrogen-bond acceptors (Lipinski definition) is 3. The van der Waals surface area contributed by atoms with Gasteiger partial charge in [-0.2, -0.15) is 0 Å². The molecular weight excluding hydrogens is 501 g/mol. The van der Waals surface area contributed by atoms with Crippen LogP contribution in [0.25, 0.3) is 0 Å². The fraction of sp³-hybridized carbons (Fsp3) is 0.667. The third-order valence-electron chi connectivity index (χ3n) is 6.43. The molecule has 2 aliphatic heterocycles. The molecule has 2 fully saturated rings. The maximum absolute atomic E-state index is 12.7. The number of carbonyl (C=O) groups is 1. The van der Waals surface area contributed by atoms with E-state index in [0.29, 0.717) is 18.5 Å². The second-order valence-electron chi connectivity index (χ2n) is 8.70. The first-order valence-electron chi connectivity index (χ1n) is 11.7. The van der Waals surface area contributed by atoms with E-state index < -0.39 is 0 Å². The predicted molar refractivity (Wildman–Crippen MR) is 139 cm³/mol. The monoisotopic (exact) mass is 541 g/mol. The van der Waals surface area contributed by atoms with Crippen LogP contribution in [0.3, 0.4) is 0 Å². The van der Waals surface area contributed by atoms with Gasteiger partial charge in [0.15, 0.2) is 5.96 Å². The average Bonchev–Trinajstić information content (AvgIpc) is 2.79. The molecule has 2 aliphatic rings. The van der Waals surface area contributed by atoms with Crippen LogP contribution in [0.1, 0.15) is 44.6 Å². The molecule has 1 aromatic carbocycles. The van der Waals surface area contributed by atoms with Crippen molar-refractivity contribution in [2.75, 3.05) is 46.3 Å². The highest BCUT2D eigenvalue weighted by molar-refractivity contribution is 14.0. The third kappa shape index (κ3) is 8.60. The number of carbonyl (C=O) groups excluding carboxylic acids is 1. The molecule has 0 radical (unpaired) electrons. The van der Waals surface area contributed by atoms with Crippen molar-refractivity contribution in [3.8, 4) is 0 Å². The molecule has 0 atom stereocenters. The number of aliphatic imine (C=N–C) groups is 1. The maximum Gasteiger partial charge on any atom is 0.241 e. The van der Waals surface area contributed by atoms with Gasteiger partial charge in [0.05, 0.1) is 6.54 Å². The van der Waals surface area contributed by atoms with Gasteiger partial charge in [0, 0.05) is 39.3 Å². The number of nitrogens with one attached hydrogen (secondary N) is 2. The minimum absolute atomic E-state index is 0. The number of amides is 1. The van der Waals surface area contributed by atoms with E-state index in [0.717, 1.165) is 64.2 Å². The first-order valence-corrected chi connectivity index (χ1v) is 11.7. The second-order valence-corrected chi connectivity index (χ2v) is 8.70. The molecule has 7 heteroatoms. The largest absolute Gasteiger partial charge is 0.354 e. The number of halogens is 1. The summed E-state index contributed by atoms with van der Waals surface area (Å²) >= 11 is 0. The molecule has 1 amide bonds. The van der Waals surface area contributed by atoms with Crippen LogP contribution in [-0.4, -0.2) is 74.0 Å². The van der Waals surface area contributed by atoms with Crippen LogP contribution in [-0.2, 0) is 11.2 Å². The van der Waals surface area contributed by atoms with E-state index in [9.17, 15) is 4.79 Å². The number of likely N-dealkylation sites (tertiary alicyclic amines) is 2. The Bertz CT molecular complexity index is 668. The molecule has 3 rings (SSSR count). The van der Waals surface area contributed by atoms with E-state index in [2.05, 4.69) is 57.8 Å². The number of rotatable bonds is 7. The summed E-state index contributed by atoms with van der Waals surface area (Å²) in [6.45, 7) is 7.74. The highest BCUT2D eigenvalue weighted by Gasteiger charge is 2.23. The summed E-state index contributed by atoms with van der Waals surface area (Å²) in [5.41, 5.74) is 1.40. The summed E-state index contributed by atoms with van der Waals surface area (Å²) in [4.78, 5) is 21.5. The number of guanidine groups is 1. The number of piperidine rings is 2. The molecule has 2 heterocycles. The van der Waals surface area contributed by atoms with Gasteiger partial charge < -0.3 is 20.4 Å². The smallest absolute Gasteiger partial charge is 0.241 e. The Morgan fingerprint density at radius 2 is 1.74 bits per heavy atom. The predicted octanol–water partition coefficient (Wildman–Crippen LogP) is 3.13. The van der Waals surface area contributed by atoms with E-state index in [1.165, 1.54) is 18.5 Å². The Kier molecular flexibility index (Phi) is 11.6. The molecule has 2 saturated heterocycles. The van der Waals surface area contributed by atoms with Crippen molar-refractivity contribution >= 4 is 35.8 Å². The van der Waals surface area contributed by atoms with Gasteiger partial charge in [-0.15, -0.1) is 24.0 Å². The van der Waals surface area contributed by atoms with Crippen LogP contribution >= 0.6 is 24.0 Å². The Hall–Kier alpha value is -1.35. The first kappa shape index (κ1) is 25.9. The van der Waals surface area contributed by atoms with Gasteiger partial charge in [0.2, 0.25) is 5.91 Å². The van der Waals surface area contributed by atoms with Gasteiger partial charge in [-0.25, -0.2) is 0 Å². The standard InChI is InChI=1S/C24H39N5O.HI/c1-3-13-28-14-11-22(12-15-28)27-24(25-2)26-19-23(30)29-16-9-21(10-17-29)18-20-7-5-4-6-8-20;/h4-8,21-22H,3,9-19H2,1-2H3,(H2,25,26,27);1H. The number of benzene rings is 1. The van der Waals surface area contributed by atoms with Crippen LogP contribution < -0.4 is 10.6 Å². The van der Waals surface area contributed by atoms with E-state index >= 15 is 0 Å². The van der Waals surface area contributed by atoms with Crippen LogP contribution in [0.15, 0.2) is 35.3 Å². The van der Waals surface area contributed by atoms with Crippen LogP contribution in [0.4, 0.5) is 0 Å². The van der Waals surface area contributed by atoms with Crippen molar-refractivity contribution in [1.29, 1.82) is 0 Å². The lowest BCUT2D eigenvalue weighted by atomic mass is 9.90. The zero-order valence-corrected chi connectivity index (χ0v) is 21.5. The van der Waals surface area contributed by atoms with Crippen molar-refractivity contribution in [1.82, 2.24) is 20.4 Å². The van der Waals surface area contributed by atoms with Gasteiger partial charge >= 0.3 is 0 Å². The maximum atomic E-state index is 12.7. The summed E-state index contributed by atoms with van der Waals surface area (Å²) in [7, 11) is 1.78. The van der Waals surface area contributed by atoms with Crippen LogP contribution in [0.5, 0.6) is 0 Å². The summed E-state index contributed by atoms with van der Waals surface area (Å²) in [5, 5.41) is 6.74. The molecule has 0 spiro atoms. The minimum atomic E-state index is 0. The summed E-state index contributed by atoms with van der Waals surface area (Å²) < 4.78 is 0. The van der Waals surface area contributed by atoms with Crippen LogP contribution in [0.2, 0.25) is 0 Å². The van der Waals surface area contributed by atoms with Gasteiger partial charge in [-0.3, -0.25) is 9.79 Å². The molecule has 1 aromatic rings. The van der Waals surface area contributed by atoms with Gasteiger partial charge in [-0.05, 0) is 56.6 Å². The Morgan fingerprint density at radius 1 is 1.06 bits per heavy atom. The summed E-state index contributed by atoms with van der Waals surface area (Å²) in [6, 6.07) is 11.1. The zero-order valence-electron chi connectivity index (χ0n) is 19.2. The fourth-order valence-corrected chi connectivity index (χ4v) is 4.61. The highest BCUT2D eigenvalue weighted by Crippen LogP contribution is 2.21. The van der Waals surface area contributed by atoms with Crippen molar-refractivity contribution < 1.29 is 4.79 Å². The number of hydrogen-bond donors (Lipinski definition) is 2. The highest BCUT2D eigenvalue weighted by atomic mass is 127. The lowest BCUT2D eigenvalue weighted by Crippen LogP contribution is -2.51. The van der Waals surface area contributed by atoms with Gasteiger partial charge in [0.1, 0.15) is 0 Å². The molecular formula is C24H40IN5O.